The van der Waals surface area contributed by atoms with Crippen molar-refractivity contribution in [3.05, 3.63) is 0 Å². The van der Waals surface area contributed by atoms with Crippen LogP contribution in [0.4, 0.5) is 0 Å². The Bertz CT molecular complexity index is 178. The standard InChI is InChI=1S/C10H19NO3/c1-8(7-13-2)14-10(12)9-4-3-5-11-6-9/h8-9,11H,3-7H2,1-2H3/t8?,9-/m1/s1. The molecule has 82 valence electrons. The fourth-order valence-corrected chi connectivity index (χ4v) is 1.62. The number of nitrogens with one attached hydrogen (secondary N) is 1. The van der Waals surface area contributed by atoms with E-state index in [1.54, 1.807) is 7.11 Å². The fourth-order valence-electron chi connectivity index (χ4n) is 1.62. The molecule has 0 aliphatic carbocycles. The minimum Gasteiger partial charge on any atom is -0.460 e. The van der Waals surface area contributed by atoms with Crippen molar-refractivity contribution in [2.24, 2.45) is 5.92 Å². The summed E-state index contributed by atoms with van der Waals surface area (Å²) in [5.41, 5.74) is 0. The van der Waals surface area contributed by atoms with Gasteiger partial charge in [-0.15, -0.1) is 0 Å². The number of hydrogen-bond acceptors (Lipinski definition) is 4. The number of carbonyl (C=O) groups excluding carboxylic acids is 1. The molecule has 1 saturated heterocycles. The van der Waals surface area contributed by atoms with Crippen molar-refractivity contribution >= 4 is 5.97 Å². The predicted molar refractivity (Wildman–Crippen MR) is 53.0 cm³/mol. The zero-order valence-electron chi connectivity index (χ0n) is 8.91. The van der Waals surface area contributed by atoms with E-state index in [1.807, 2.05) is 6.92 Å². The molecule has 2 atom stereocenters. The molecule has 1 fully saturated rings. The van der Waals surface area contributed by atoms with Crippen LogP contribution in [-0.2, 0) is 14.3 Å². The highest BCUT2D eigenvalue weighted by atomic mass is 16.6. The van der Waals surface area contributed by atoms with Crippen molar-refractivity contribution in [2.45, 2.75) is 25.9 Å². The largest absolute Gasteiger partial charge is 0.460 e. The van der Waals surface area contributed by atoms with Crippen LogP contribution in [0.15, 0.2) is 0 Å². The van der Waals surface area contributed by atoms with Crippen LogP contribution in [-0.4, -0.2) is 38.9 Å². The van der Waals surface area contributed by atoms with Gasteiger partial charge >= 0.3 is 5.97 Å². The lowest BCUT2D eigenvalue weighted by molar-refractivity contribution is -0.156. The second kappa shape index (κ2) is 5.98. The van der Waals surface area contributed by atoms with Crippen LogP contribution in [0.2, 0.25) is 0 Å². The molecule has 0 aromatic heterocycles. The van der Waals surface area contributed by atoms with E-state index in [0.717, 1.165) is 25.9 Å². The summed E-state index contributed by atoms with van der Waals surface area (Å²) in [7, 11) is 1.60. The van der Waals surface area contributed by atoms with Crippen molar-refractivity contribution in [3.8, 4) is 0 Å². The molecule has 4 nitrogen and oxygen atoms in total. The van der Waals surface area contributed by atoms with Crippen molar-refractivity contribution < 1.29 is 14.3 Å². The van der Waals surface area contributed by atoms with E-state index in [1.165, 1.54) is 0 Å². The molecule has 0 amide bonds. The third-order valence-corrected chi connectivity index (χ3v) is 2.35. The molecular weight excluding hydrogens is 182 g/mol. The van der Waals surface area contributed by atoms with E-state index in [4.69, 9.17) is 9.47 Å². The molecule has 1 N–H and O–H groups in total. The van der Waals surface area contributed by atoms with Gasteiger partial charge in [0.15, 0.2) is 0 Å². The zero-order valence-corrected chi connectivity index (χ0v) is 8.91. The molecule has 1 rings (SSSR count). The van der Waals surface area contributed by atoms with Gasteiger partial charge in [-0.05, 0) is 26.3 Å². The van der Waals surface area contributed by atoms with Gasteiger partial charge in [-0.2, -0.15) is 0 Å². The third kappa shape index (κ3) is 3.64. The number of ether oxygens (including phenoxy) is 2. The molecule has 1 aliphatic heterocycles. The van der Waals surface area contributed by atoms with Crippen molar-refractivity contribution in [1.82, 2.24) is 5.32 Å². The van der Waals surface area contributed by atoms with Crippen molar-refractivity contribution in [1.29, 1.82) is 0 Å². The van der Waals surface area contributed by atoms with Gasteiger partial charge in [-0.3, -0.25) is 4.79 Å². The van der Waals surface area contributed by atoms with Gasteiger partial charge in [-0.25, -0.2) is 0 Å². The van der Waals surface area contributed by atoms with Crippen LogP contribution in [0.25, 0.3) is 0 Å². The Morgan fingerprint density at radius 1 is 1.64 bits per heavy atom. The molecule has 0 radical (unpaired) electrons. The van der Waals surface area contributed by atoms with Gasteiger partial charge in [0.05, 0.1) is 12.5 Å². The fraction of sp³-hybridized carbons (Fsp3) is 0.900. The average molecular weight is 201 g/mol. The van der Waals surface area contributed by atoms with Crippen LogP contribution in [0.5, 0.6) is 0 Å². The Kier molecular flexibility index (Phi) is 4.90. The first-order valence-electron chi connectivity index (χ1n) is 5.14. The lowest BCUT2D eigenvalue weighted by atomic mass is 10.00. The topological polar surface area (TPSA) is 47.6 Å². The molecule has 0 spiro atoms. The normalized spacial score (nSPS) is 24.3. The van der Waals surface area contributed by atoms with Gasteiger partial charge in [0, 0.05) is 13.7 Å². The van der Waals surface area contributed by atoms with E-state index in [9.17, 15) is 4.79 Å². The lowest BCUT2D eigenvalue weighted by Crippen LogP contribution is -2.37. The summed E-state index contributed by atoms with van der Waals surface area (Å²) in [6, 6.07) is 0. The highest BCUT2D eigenvalue weighted by Crippen LogP contribution is 2.12. The number of rotatable bonds is 4. The Balaban J connectivity index is 2.25. The van der Waals surface area contributed by atoms with E-state index in [2.05, 4.69) is 5.32 Å². The lowest BCUT2D eigenvalue weighted by Gasteiger charge is -2.22. The molecule has 0 aromatic carbocycles. The van der Waals surface area contributed by atoms with E-state index in [-0.39, 0.29) is 18.0 Å². The summed E-state index contributed by atoms with van der Waals surface area (Å²) in [5, 5.41) is 3.19. The van der Waals surface area contributed by atoms with E-state index in [0.29, 0.717) is 6.61 Å². The Hall–Kier alpha value is -0.610. The number of esters is 1. The van der Waals surface area contributed by atoms with Crippen LogP contribution in [0.1, 0.15) is 19.8 Å². The van der Waals surface area contributed by atoms with Crippen LogP contribution in [0.3, 0.4) is 0 Å². The molecular formula is C10H19NO3. The predicted octanol–water partition coefficient (Wildman–Crippen LogP) is 0.564. The van der Waals surface area contributed by atoms with Crippen LogP contribution in [0, 0.1) is 5.92 Å². The summed E-state index contributed by atoms with van der Waals surface area (Å²) >= 11 is 0. The zero-order chi connectivity index (χ0) is 10.4. The highest BCUT2D eigenvalue weighted by molar-refractivity contribution is 5.73. The van der Waals surface area contributed by atoms with Gasteiger partial charge in [0.2, 0.25) is 0 Å². The Morgan fingerprint density at radius 2 is 2.43 bits per heavy atom. The maximum atomic E-state index is 11.6. The first-order valence-corrected chi connectivity index (χ1v) is 5.14. The minimum absolute atomic E-state index is 0.0306. The second-order valence-corrected chi connectivity index (χ2v) is 3.75. The summed E-state index contributed by atoms with van der Waals surface area (Å²) in [5.74, 6) is -0.0650. The molecule has 4 heteroatoms. The first-order chi connectivity index (χ1) is 6.74. The van der Waals surface area contributed by atoms with E-state index >= 15 is 0 Å². The van der Waals surface area contributed by atoms with Crippen molar-refractivity contribution in [3.63, 3.8) is 0 Å². The Morgan fingerprint density at radius 3 is 3.00 bits per heavy atom. The van der Waals surface area contributed by atoms with Gasteiger partial charge in [0.1, 0.15) is 6.10 Å². The van der Waals surface area contributed by atoms with E-state index < -0.39 is 0 Å². The first kappa shape index (κ1) is 11.5. The minimum atomic E-state index is -0.144. The van der Waals surface area contributed by atoms with Crippen LogP contribution < -0.4 is 5.32 Å². The maximum Gasteiger partial charge on any atom is 0.310 e. The van der Waals surface area contributed by atoms with Gasteiger partial charge in [0.25, 0.3) is 0 Å². The highest BCUT2D eigenvalue weighted by Gasteiger charge is 2.23. The molecule has 1 unspecified atom stereocenters. The number of hydrogen-bond donors (Lipinski definition) is 1. The monoisotopic (exact) mass is 201 g/mol. The van der Waals surface area contributed by atoms with Gasteiger partial charge in [-0.1, -0.05) is 0 Å². The summed E-state index contributed by atoms with van der Waals surface area (Å²) < 4.78 is 10.1. The molecule has 0 saturated carbocycles. The third-order valence-electron chi connectivity index (χ3n) is 2.35. The van der Waals surface area contributed by atoms with Crippen molar-refractivity contribution in [2.75, 3.05) is 26.8 Å². The number of methoxy groups -OCH3 is 1. The molecule has 1 heterocycles. The quantitative estimate of drug-likeness (QED) is 0.675. The maximum absolute atomic E-state index is 11.6. The summed E-state index contributed by atoms with van der Waals surface area (Å²) in [4.78, 5) is 11.6. The number of piperidine rings is 1. The smallest absolute Gasteiger partial charge is 0.310 e. The SMILES string of the molecule is COCC(C)OC(=O)[C@@H]1CCCNC1. The van der Waals surface area contributed by atoms with Crippen LogP contribution >= 0.6 is 0 Å². The van der Waals surface area contributed by atoms with Gasteiger partial charge < -0.3 is 14.8 Å². The Labute approximate surface area is 85.0 Å². The second-order valence-electron chi connectivity index (χ2n) is 3.75. The molecule has 0 bridgehead atoms. The number of carbonyl (C=O) groups is 1. The summed E-state index contributed by atoms with van der Waals surface area (Å²) in [6.07, 6.45) is 1.85. The molecule has 14 heavy (non-hydrogen) atoms. The molecule has 0 aromatic rings. The average Bonchev–Trinajstić information content (AvgIpc) is 2.19. The molecule has 1 aliphatic rings. The summed E-state index contributed by atoms with van der Waals surface area (Å²) in [6.45, 7) is 4.07.